The highest BCUT2D eigenvalue weighted by atomic mass is 16.6. The maximum atomic E-state index is 10.9. The highest BCUT2D eigenvalue weighted by Crippen LogP contribution is 2.31. The Kier molecular flexibility index (Phi) is 3.56. The first kappa shape index (κ1) is 13.2. The molecule has 1 fully saturated rings. The average molecular weight is 284 g/mol. The molecule has 0 aliphatic heterocycles. The van der Waals surface area contributed by atoms with Crippen molar-refractivity contribution < 1.29 is 19.3 Å². The minimum atomic E-state index is -1.26. The Bertz CT molecular complexity index is 723. The largest absolute Gasteiger partial charge is 0.476 e. The molecule has 1 aliphatic carbocycles. The second-order valence-corrected chi connectivity index (χ2v) is 4.80. The topological polar surface area (TPSA) is 85.5 Å². The Labute approximate surface area is 120 Å². The van der Waals surface area contributed by atoms with Crippen LogP contribution in [0.4, 0.5) is 0 Å². The van der Waals surface area contributed by atoms with Gasteiger partial charge in [0.05, 0.1) is 0 Å². The molecule has 1 heterocycles. The van der Waals surface area contributed by atoms with Crippen LogP contribution in [0.5, 0.6) is 11.6 Å². The third-order valence-corrected chi connectivity index (χ3v) is 3.03. The van der Waals surface area contributed by atoms with E-state index in [0.29, 0.717) is 5.75 Å². The summed E-state index contributed by atoms with van der Waals surface area (Å²) in [6, 6.07) is 7.06. The summed E-state index contributed by atoms with van der Waals surface area (Å²) in [6.07, 6.45) is 3.46. The minimum Gasteiger partial charge on any atom is -0.476 e. The lowest BCUT2D eigenvalue weighted by Gasteiger charge is -2.01. The summed E-state index contributed by atoms with van der Waals surface area (Å²) in [5.41, 5.74) is 0.446. The van der Waals surface area contributed by atoms with Crippen LogP contribution in [0.25, 0.3) is 0 Å². The van der Waals surface area contributed by atoms with Gasteiger partial charge in [-0.05, 0) is 47.3 Å². The summed E-state index contributed by atoms with van der Waals surface area (Å²) in [7, 11) is 0. The average Bonchev–Trinajstić information content (AvgIpc) is 3.16. The third kappa shape index (κ3) is 3.39. The Morgan fingerprint density at radius 2 is 2.29 bits per heavy atom. The van der Waals surface area contributed by atoms with Crippen LogP contribution < -0.4 is 4.74 Å². The number of hydrogen-bond donors (Lipinski definition) is 1. The van der Waals surface area contributed by atoms with Gasteiger partial charge in [-0.1, -0.05) is 17.9 Å². The van der Waals surface area contributed by atoms with Gasteiger partial charge in [-0.25, -0.2) is 9.42 Å². The van der Waals surface area contributed by atoms with Gasteiger partial charge >= 0.3 is 5.97 Å². The zero-order valence-electron chi connectivity index (χ0n) is 11.1. The van der Waals surface area contributed by atoms with Gasteiger partial charge in [-0.15, -0.1) is 0 Å². The number of benzene rings is 1. The van der Waals surface area contributed by atoms with Gasteiger partial charge in [-0.2, -0.15) is 0 Å². The third-order valence-electron chi connectivity index (χ3n) is 3.03. The van der Waals surface area contributed by atoms with Crippen molar-refractivity contribution >= 4 is 5.97 Å². The van der Waals surface area contributed by atoms with E-state index in [-0.39, 0.29) is 11.6 Å². The van der Waals surface area contributed by atoms with Crippen LogP contribution in [-0.2, 0) is 0 Å². The number of carbonyl (C=O) groups is 1. The minimum absolute atomic E-state index is 0.175. The fourth-order valence-corrected chi connectivity index (χ4v) is 1.75. The van der Waals surface area contributed by atoms with Crippen molar-refractivity contribution in [3.8, 4) is 23.5 Å². The SMILES string of the molecule is O=C(O)c1nonc1Oc1cccc(C#CCC2CC2)c1. The lowest BCUT2D eigenvalue weighted by Crippen LogP contribution is -1.99. The summed E-state index contributed by atoms with van der Waals surface area (Å²) in [5.74, 6) is 5.96. The number of carboxylic acid groups (broad SMARTS) is 1. The normalized spacial score (nSPS) is 13.3. The van der Waals surface area contributed by atoms with Crippen molar-refractivity contribution in [2.75, 3.05) is 0 Å². The zero-order valence-corrected chi connectivity index (χ0v) is 11.1. The van der Waals surface area contributed by atoms with E-state index in [9.17, 15) is 4.79 Å². The Hall–Kier alpha value is -2.81. The van der Waals surface area contributed by atoms with Crippen LogP contribution in [0, 0.1) is 17.8 Å². The fourth-order valence-electron chi connectivity index (χ4n) is 1.75. The van der Waals surface area contributed by atoms with E-state index in [4.69, 9.17) is 9.84 Å². The molecular weight excluding hydrogens is 272 g/mol. The van der Waals surface area contributed by atoms with Crippen molar-refractivity contribution in [3.63, 3.8) is 0 Å². The molecule has 1 aliphatic rings. The molecule has 0 bridgehead atoms. The first-order valence-corrected chi connectivity index (χ1v) is 6.55. The van der Waals surface area contributed by atoms with Crippen LogP contribution in [0.15, 0.2) is 28.9 Å². The summed E-state index contributed by atoms with van der Waals surface area (Å²) in [4.78, 5) is 10.9. The molecule has 1 N–H and O–H groups in total. The Balaban J connectivity index is 1.74. The second kappa shape index (κ2) is 5.67. The van der Waals surface area contributed by atoms with Gasteiger partial charge in [0.1, 0.15) is 5.75 Å². The number of aromatic nitrogens is 2. The van der Waals surface area contributed by atoms with Crippen LogP contribution in [0.2, 0.25) is 0 Å². The molecule has 0 amide bonds. The van der Waals surface area contributed by atoms with E-state index in [0.717, 1.165) is 17.9 Å². The number of nitrogens with zero attached hydrogens (tertiary/aromatic N) is 2. The Morgan fingerprint density at radius 1 is 1.43 bits per heavy atom. The lowest BCUT2D eigenvalue weighted by atomic mass is 10.2. The van der Waals surface area contributed by atoms with Crippen molar-refractivity contribution in [3.05, 3.63) is 35.5 Å². The first-order valence-electron chi connectivity index (χ1n) is 6.55. The lowest BCUT2D eigenvalue weighted by molar-refractivity contribution is 0.0683. The zero-order chi connectivity index (χ0) is 14.7. The van der Waals surface area contributed by atoms with Crippen molar-refractivity contribution in [2.24, 2.45) is 5.92 Å². The molecule has 1 aromatic carbocycles. The summed E-state index contributed by atoms with van der Waals surface area (Å²) in [5, 5.41) is 15.6. The highest BCUT2D eigenvalue weighted by Gasteiger charge is 2.20. The molecule has 21 heavy (non-hydrogen) atoms. The number of rotatable bonds is 4. The fraction of sp³-hybridized carbons (Fsp3) is 0.267. The van der Waals surface area contributed by atoms with Gasteiger partial charge in [-0.3, -0.25) is 0 Å². The quantitative estimate of drug-likeness (QED) is 0.869. The molecule has 0 radical (unpaired) electrons. The monoisotopic (exact) mass is 284 g/mol. The Morgan fingerprint density at radius 3 is 3.05 bits per heavy atom. The maximum Gasteiger partial charge on any atom is 0.363 e. The van der Waals surface area contributed by atoms with E-state index in [1.54, 1.807) is 18.2 Å². The summed E-state index contributed by atoms with van der Waals surface area (Å²) < 4.78 is 9.75. The number of ether oxygens (including phenoxy) is 1. The molecule has 0 atom stereocenters. The molecular formula is C15H12N2O4. The molecule has 0 saturated heterocycles. The first-order chi connectivity index (χ1) is 10.2. The molecule has 0 spiro atoms. The number of aromatic carboxylic acids is 1. The van der Waals surface area contributed by atoms with E-state index >= 15 is 0 Å². The van der Waals surface area contributed by atoms with E-state index < -0.39 is 5.97 Å². The van der Waals surface area contributed by atoms with Crippen molar-refractivity contribution in [1.82, 2.24) is 10.3 Å². The van der Waals surface area contributed by atoms with Gasteiger partial charge < -0.3 is 9.84 Å². The molecule has 1 saturated carbocycles. The van der Waals surface area contributed by atoms with Gasteiger partial charge in [0.2, 0.25) is 0 Å². The van der Waals surface area contributed by atoms with Crippen LogP contribution in [-0.4, -0.2) is 21.4 Å². The standard InChI is InChI=1S/C15H12N2O4/c18-15(19)13-14(17-21-16-13)20-12-6-2-5-11(9-12)4-1-3-10-7-8-10/h2,5-6,9-10H,3,7-8H2,(H,18,19). The van der Waals surface area contributed by atoms with Crippen LogP contribution in [0.3, 0.4) is 0 Å². The molecule has 2 aromatic rings. The summed E-state index contributed by atoms with van der Waals surface area (Å²) >= 11 is 0. The van der Waals surface area contributed by atoms with Crippen LogP contribution in [0.1, 0.15) is 35.3 Å². The molecule has 0 unspecified atom stereocenters. The van der Waals surface area contributed by atoms with Gasteiger partial charge in [0.15, 0.2) is 0 Å². The molecule has 1 aromatic heterocycles. The second-order valence-electron chi connectivity index (χ2n) is 4.80. The predicted molar refractivity (Wildman–Crippen MR) is 72.0 cm³/mol. The van der Waals surface area contributed by atoms with E-state index in [2.05, 4.69) is 26.8 Å². The highest BCUT2D eigenvalue weighted by molar-refractivity contribution is 5.87. The maximum absolute atomic E-state index is 10.9. The summed E-state index contributed by atoms with van der Waals surface area (Å²) in [6.45, 7) is 0. The molecule has 106 valence electrons. The van der Waals surface area contributed by atoms with Gasteiger partial charge in [0.25, 0.3) is 11.6 Å². The van der Waals surface area contributed by atoms with Crippen molar-refractivity contribution in [1.29, 1.82) is 0 Å². The molecule has 6 heteroatoms. The smallest absolute Gasteiger partial charge is 0.363 e. The number of hydrogen-bond acceptors (Lipinski definition) is 5. The van der Waals surface area contributed by atoms with Crippen molar-refractivity contribution in [2.45, 2.75) is 19.3 Å². The van der Waals surface area contributed by atoms with Gasteiger partial charge in [0, 0.05) is 12.0 Å². The van der Waals surface area contributed by atoms with E-state index in [1.807, 2.05) is 6.07 Å². The molecule has 3 rings (SSSR count). The van der Waals surface area contributed by atoms with E-state index in [1.165, 1.54) is 12.8 Å². The molecule has 6 nitrogen and oxygen atoms in total. The number of carboxylic acids is 1. The van der Waals surface area contributed by atoms with Crippen LogP contribution >= 0.6 is 0 Å². The predicted octanol–water partition coefficient (Wildman–Crippen LogP) is 2.71.